The summed E-state index contributed by atoms with van der Waals surface area (Å²) in [5.41, 5.74) is -7.63. The first-order valence-electron chi connectivity index (χ1n) is 64.7. The summed E-state index contributed by atoms with van der Waals surface area (Å²) < 4.78 is 571. The number of rotatable bonds is 12. The molecule has 0 fully saturated rings. The first-order valence-corrected chi connectivity index (χ1v) is 37.2. The Labute approximate surface area is 750 Å². The molecule has 20 aromatic rings. The molecule has 0 aliphatic heterocycles. The predicted molar refractivity (Wildman–Crippen MR) is 485 cm³/mol. The minimum Gasteiger partial charge on any atom is -0.300 e. The largest absolute Gasteiger partial charge is 0.300 e. The van der Waals surface area contributed by atoms with Gasteiger partial charge in [0.1, 0.15) is 12.7 Å². The Balaban J connectivity index is 0.000000215. The van der Waals surface area contributed by atoms with Gasteiger partial charge in [-0.3, -0.25) is 29.1 Å². The molecule has 0 aliphatic carbocycles. The second kappa shape index (κ2) is 30.2. The van der Waals surface area contributed by atoms with Crippen molar-refractivity contribution < 1.29 is 86.4 Å². The van der Waals surface area contributed by atoms with Crippen LogP contribution in [0.2, 0.25) is 0 Å². The van der Waals surface area contributed by atoms with E-state index in [0.717, 1.165) is 15.2 Å². The van der Waals surface area contributed by atoms with Gasteiger partial charge in [-0.1, -0.05) is 375 Å². The van der Waals surface area contributed by atoms with Crippen molar-refractivity contribution in [1.82, 2.24) is 18.3 Å². The maximum Gasteiger partial charge on any atom is 0.238 e. The number of para-hydroxylation sites is 8. The Morgan fingerprint density at radius 2 is 0.500 bits per heavy atom. The molecule has 1 unspecified atom stereocenters. The zero-order chi connectivity index (χ0) is 131. The van der Waals surface area contributed by atoms with Gasteiger partial charge >= 0.3 is 0 Å². The van der Waals surface area contributed by atoms with Crippen LogP contribution in [0.15, 0.2) is 443 Å². The highest BCUT2D eigenvalue weighted by Gasteiger charge is 2.43. The van der Waals surface area contributed by atoms with E-state index < -0.39 is 555 Å². The number of aliphatic imine (C=N–C) groups is 4. The number of hydrogen-bond acceptors (Lipinski definition) is 2. The normalized spacial score (nSPS) is 20.5. The van der Waals surface area contributed by atoms with Gasteiger partial charge < -0.3 is 0 Å². The van der Waals surface area contributed by atoms with Crippen molar-refractivity contribution in [3.05, 3.63) is 434 Å². The molecule has 2 N–H and O–H groups in total. The number of aromatic nitrogens is 4. The van der Waals surface area contributed by atoms with E-state index in [2.05, 4.69) is 20.0 Å². The van der Waals surface area contributed by atoms with Crippen LogP contribution in [0, 0.1) is 10.8 Å². The molecule has 114 heavy (non-hydrogen) atoms. The average Bonchev–Trinajstić information content (AvgIpc) is 1.60. The van der Waals surface area contributed by atoms with E-state index in [1.165, 1.54) is 30.3 Å². The molecule has 0 amide bonds. The summed E-state index contributed by atoms with van der Waals surface area (Å²) in [5.74, 6) is -5.25. The average molecular weight is 1560 g/mol. The standard InChI is InChI=1S/2C51H37N5Si/c2*52-50(37-19-18-26-41(35-37)57(38-20-4-1-5-21-38,39-22-6-2-7-23-39)40-24-8-3-9-25-40)54-51(56-48-33-16-12-29-44(48)45-30-13-17-34-49(45)56)53-36-55-46-31-14-10-27-42(46)43-28-11-15-32-47(43)55/h2*1-36,52H/i1D,2D,3D,4D,5D,6D,7D,8D,9D,10D,11D,12D,13D,14D,15D,16D,17D,18D,19D,20D,21D,22D,23D,24D,26D,27D,28D,29D,30D,31D,32D,33D,34D,35D;1D,2D,4D,5D,6D,7D,10D,11D,12D,13D,14D,15D,16D,17D,18D,19D,20D,21D,22D,26D,27D,28D,29D,30D,31D,32D,33D,34D,35D. The maximum atomic E-state index is 10.2. The molecular weight excluding hydrogens is 1420 g/mol. The Morgan fingerprint density at radius 1 is 0.246 bits per heavy atom. The number of nitrogens with zero attached hydrogens (tertiary/aromatic N) is 8. The maximum absolute atomic E-state index is 10.2. The predicted octanol–water partition coefficient (Wildman–Crippen LogP) is 18.2. The molecule has 0 saturated carbocycles. The summed E-state index contributed by atoms with van der Waals surface area (Å²) in [7, 11) is -11.8. The monoisotopic (exact) mass is 1560 g/mol. The molecular formula is C102H74N10Si2. The van der Waals surface area contributed by atoms with E-state index in [9.17, 15) is 38.2 Å². The molecule has 4 heterocycles. The van der Waals surface area contributed by atoms with E-state index in [-0.39, 0.29) is 5.19 Å². The molecule has 4 aromatic heterocycles. The highest BCUT2D eigenvalue weighted by atomic mass is 28.3. The number of benzene rings is 16. The summed E-state index contributed by atoms with van der Waals surface area (Å²) in [4.78, 5) is 17.6. The summed E-state index contributed by atoms with van der Waals surface area (Å²) in [6.45, 7) is 0. The molecule has 0 spiro atoms. The molecule has 0 aliphatic rings. The van der Waals surface area contributed by atoms with Gasteiger partial charge in [-0.25, -0.2) is 9.98 Å². The van der Waals surface area contributed by atoms with Crippen LogP contribution in [0.4, 0.5) is 0 Å². The zero-order valence-corrected chi connectivity index (χ0v) is 59.3. The minimum absolute atomic E-state index is 0.107. The Bertz CT molecular complexity index is 10800. The van der Waals surface area contributed by atoms with E-state index in [0.29, 0.717) is 27.9 Å². The molecule has 540 valence electrons. The number of amidine groups is 2. The van der Waals surface area contributed by atoms with Crippen molar-refractivity contribution >= 4 is 181 Å². The van der Waals surface area contributed by atoms with Crippen LogP contribution in [0.5, 0.6) is 0 Å². The van der Waals surface area contributed by atoms with Crippen LogP contribution in [-0.2, 0) is 0 Å². The van der Waals surface area contributed by atoms with Gasteiger partial charge in [0.15, 0.2) is 27.8 Å². The molecule has 0 bridgehead atoms. The summed E-state index contributed by atoms with van der Waals surface area (Å²) in [6.07, 6.45) is 1.25. The fraction of sp³-hybridized carbons (Fsp3) is 0. The fourth-order valence-corrected chi connectivity index (χ4v) is 20.7. The van der Waals surface area contributed by atoms with E-state index in [1.807, 2.05) is 0 Å². The van der Waals surface area contributed by atoms with Gasteiger partial charge in [0.2, 0.25) is 11.9 Å². The Hall–Kier alpha value is -14.8. The van der Waals surface area contributed by atoms with Gasteiger partial charge in [-0.15, -0.1) is 0 Å². The third-order valence-electron chi connectivity index (χ3n) is 17.8. The van der Waals surface area contributed by atoms with Gasteiger partial charge in [0.05, 0.1) is 130 Å². The van der Waals surface area contributed by atoms with Gasteiger partial charge in [0, 0.05) is 54.2 Å². The molecule has 10 nitrogen and oxygen atoms in total. The first kappa shape index (κ1) is 29.4. The van der Waals surface area contributed by atoms with Crippen molar-refractivity contribution in [3.8, 4) is 0 Å². The molecule has 12 heteroatoms. The Morgan fingerprint density at radius 3 is 0.825 bits per heavy atom. The van der Waals surface area contributed by atoms with Crippen LogP contribution in [0.3, 0.4) is 0 Å². The van der Waals surface area contributed by atoms with E-state index in [1.54, 1.807) is 0 Å². The summed E-state index contributed by atoms with van der Waals surface area (Å²) >= 11 is 0. The lowest BCUT2D eigenvalue weighted by Gasteiger charge is -2.34. The Kier molecular flexibility index (Phi) is 7.80. The second-order valence-corrected chi connectivity index (χ2v) is 30.9. The lowest BCUT2D eigenvalue weighted by atomic mass is 10.2. The van der Waals surface area contributed by atoms with E-state index in [4.69, 9.17) is 58.9 Å². The lowest BCUT2D eigenvalue weighted by molar-refractivity contribution is 1.20. The SMILES string of the molecule is [2H]c1cc([Si](c2c([2H])c([2H])c([2H])c([2H])c2[2H])(c2c([2H])c([2H])c([2H])c([2H])c2[2H])c2c([2H])c([2H])c([2H])c(C(=N)N=C(N=Cn3c4c([2H])c([2H])c([2H])c([2H])c4c4c([2H])c([2H])c([2H])c([2H])c43)n3c4c([2H])c([2H])c([2H])c([2H])c4c4c([2H])c([2H])c([2H])c([2H])c43)c2[2H])c([2H])c([2H])c1[2H].[2H]c1cc([Si](c2ccccc2)(c2c([2H])c([2H])c([2H])c([2H])c2[2H])c2c([2H])c([2H])c([2H])c(C(=N)N=C(N=Cn3c4c([2H])c([2H])c([2H])c([2H])c4c4c([2H])c([2H])c([2H])c([2H])c43)n3c4c([2H])c([2H])c([2H])c([2H])c4c4c([2H])c([2H])c([2H])c([2H])c43)c2[2H])c([2H])c([2H])c1[2H]. The fourth-order valence-electron chi connectivity index (χ4n) is 13.0. The van der Waals surface area contributed by atoms with Gasteiger partial charge in [0.25, 0.3) is 0 Å². The number of fused-ring (bicyclic) bond motifs is 12. The van der Waals surface area contributed by atoms with Crippen molar-refractivity contribution in [1.29, 1.82) is 10.8 Å². The second-order valence-electron chi connectivity index (χ2n) is 23.7. The van der Waals surface area contributed by atoms with Crippen LogP contribution in [0.1, 0.15) is 97.5 Å². The molecule has 0 radical (unpaired) electrons. The highest BCUT2D eigenvalue weighted by Crippen LogP contribution is 2.34. The number of nitrogens with one attached hydrogen (secondary N) is 2. The lowest BCUT2D eigenvalue weighted by Crippen LogP contribution is -2.74. The van der Waals surface area contributed by atoms with Crippen molar-refractivity contribution in [2.45, 2.75) is 0 Å². The number of hydrogen-bond donors (Lipinski definition) is 2. The van der Waals surface area contributed by atoms with Crippen molar-refractivity contribution in [3.63, 3.8) is 0 Å². The first-order chi connectivity index (χ1) is 82.6. The third-order valence-corrected chi connectivity index (χ3v) is 26.2. The molecule has 20 rings (SSSR count). The van der Waals surface area contributed by atoms with Crippen LogP contribution in [0.25, 0.3) is 87.2 Å². The minimum atomic E-state index is -6.32. The topological polar surface area (TPSA) is 117 Å². The van der Waals surface area contributed by atoms with E-state index >= 15 is 0 Å². The van der Waals surface area contributed by atoms with Crippen LogP contribution >= 0.6 is 0 Å². The highest BCUT2D eigenvalue weighted by molar-refractivity contribution is 7.20. The van der Waals surface area contributed by atoms with Gasteiger partial charge in [-0.05, 0) is 89.8 Å². The summed E-state index contributed by atoms with van der Waals surface area (Å²) in [5, 5.41) is 8.90. The summed E-state index contributed by atoms with van der Waals surface area (Å²) in [6, 6.07) is -55.0. The third kappa shape index (κ3) is 12.2. The van der Waals surface area contributed by atoms with Crippen molar-refractivity contribution in [2.75, 3.05) is 0 Å². The van der Waals surface area contributed by atoms with Crippen molar-refractivity contribution in [2.24, 2.45) is 20.0 Å². The van der Waals surface area contributed by atoms with Gasteiger partial charge in [-0.2, -0.15) is 9.98 Å². The molecule has 0 saturated heterocycles. The molecule has 16 aromatic carbocycles. The smallest absolute Gasteiger partial charge is 0.238 e. The van der Waals surface area contributed by atoms with Crippen LogP contribution in [-0.4, -0.2) is 70.7 Å². The molecule has 1 atom stereocenters. The zero-order valence-electron chi connectivity index (χ0n) is 120. The quantitative estimate of drug-likeness (QED) is 0.0525. The van der Waals surface area contributed by atoms with Crippen LogP contribution < -0.4 is 41.5 Å².